The Morgan fingerprint density at radius 1 is 1.29 bits per heavy atom. The van der Waals surface area contributed by atoms with E-state index in [1.54, 1.807) is 0 Å². The van der Waals surface area contributed by atoms with Crippen molar-refractivity contribution in [3.05, 3.63) is 35.5 Å². The van der Waals surface area contributed by atoms with Crippen LogP contribution in [0, 0.1) is 0 Å². The largest absolute Gasteiger partial charge is 0.464 e. The standard InChI is InChI=1S/C11H8F3NO2/c1-17-10(16)9-5-6-4-7(11(12,13)14)2-3-8(6)15-9/h2-5,15H,1H3. The molecule has 0 saturated heterocycles. The Labute approximate surface area is 94.2 Å². The van der Waals surface area contributed by atoms with E-state index in [-0.39, 0.29) is 5.69 Å². The Kier molecular flexibility index (Phi) is 2.57. The van der Waals surface area contributed by atoms with Gasteiger partial charge in [0.2, 0.25) is 0 Å². The van der Waals surface area contributed by atoms with Gasteiger partial charge in [-0.25, -0.2) is 4.79 Å². The molecule has 1 aromatic carbocycles. The van der Waals surface area contributed by atoms with E-state index in [0.29, 0.717) is 10.9 Å². The number of hydrogen-bond donors (Lipinski definition) is 1. The van der Waals surface area contributed by atoms with Gasteiger partial charge in [-0.2, -0.15) is 13.2 Å². The molecule has 1 aromatic heterocycles. The zero-order chi connectivity index (χ0) is 12.6. The Balaban J connectivity index is 2.52. The summed E-state index contributed by atoms with van der Waals surface area (Å²) in [6.45, 7) is 0. The predicted molar refractivity (Wildman–Crippen MR) is 54.6 cm³/mol. The van der Waals surface area contributed by atoms with Crippen LogP contribution >= 0.6 is 0 Å². The van der Waals surface area contributed by atoms with Crippen LogP contribution in [0.5, 0.6) is 0 Å². The van der Waals surface area contributed by atoms with E-state index in [1.807, 2.05) is 0 Å². The first-order valence-corrected chi connectivity index (χ1v) is 4.70. The van der Waals surface area contributed by atoms with E-state index in [1.165, 1.54) is 19.2 Å². The number of aromatic amines is 1. The number of alkyl halides is 3. The van der Waals surface area contributed by atoms with Crippen molar-refractivity contribution in [2.75, 3.05) is 7.11 Å². The second kappa shape index (κ2) is 3.80. The number of halogens is 3. The van der Waals surface area contributed by atoms with Gasteiger partial charge in [0.15, 0.2) is 0 Å². The maximum absolute atomic E-state index is 12.4. The van der Waals surface area contributed by atoms with Crippen LogP contribution in [0.2, 0.25) is 0 Å². The van der Waals surface area contributed by atoms with Crippen LogP contribution in [0.15, 0.2) is 24.3 Å². The highest BCUT2D eigenvalue weighted by Crippen LogP contribution is 2.31. The second-order valence-corrected chi connectivity index (χ2v) is 3.47. The molecule has 1 heterocycles. The molecule has 1 N–H and O–H groups in total. The van der Waals surface area contributed by atoms with Crippen molar-refractivity contribution in [3.8, 4) is 0 Å². The molecule has 2 aromatic rings. The molecular weight excluding hydrogens is 235 g/mol. The average Bonchev–Trinajstić information content (AvgIpc) is 2.69. The lowest BCUT2D eigenvalue weighted by Gasteiger charge is -2.05. The fourth-order valence-electron chi connectivity index (χ4n) is 1.53. The SMILES string of the molecule is COC(=O)c1cc2cc(C(F)(F)F)ccc2[nH]1. The molecular formula is C11H8F3NO2. The van der Waals surface area contributed by atoms with E-state index in [4.69, 9.17) is 0 Å². The van der Waals surface area contributed by atoms with Crippen molar-refractivity contribution in [2.45, 2.75) is 6.18 Å². The van der Waals surface area contributed by atoms with Crippen molar-refractivity contribution in [2.24, 2.45) is 0 Å². The summed E-state index contributed by atoms with van der Waals surface area (Å²) in [4.78, 5) is 13.9. The zero-order valence-electron chi connectivity index (χ0n) is 8.76. The molecule has 0 aliphatic heterocycles. The summed E-state index contributed by atoms with van der Waals surface area (Å²) in [5.41, 5.74) is -0.166. The number of esters is 1. The van der Waals surface area contributed by atoms with Gasteiger partial charge < -0.3 is 9.72 Å². The van der Waals surface area contributed by atoms with Crippen LogP contribution in [0.1, 0.15) is 16.1 Å². The van der Waals surface area contributed by atoms with Gasteiger partial charge in [0.1, 0.15) is 5.69 Å². The van der Waals surface area contributed by atoms with E-state index in [0.717, 1.165) is 12.1 Å². The van der Waals surface area contributed by atoms with Gasteiger partial charge in [-0.15, -0.1) is 0 Å². The number of benzene rings is 1. The summed E-state index contributed by atoms with van der Waals surface area (Å²) in [5.74, 6) is -0.616. The molecule has 0 spiro atoms. The first-order chi connectivity index (χ1) is 7.91. The molecule has 0 saturated carbocycles. The third-order valence-electron chi connectivity index (χ3n) is 2.35. The third-order valence-corrected chi connectivity index (χ3v) is 2.35. The number of H-pyrrole nitrogens is 1. The Hall–Kier alpha value is -1.98. The third kappa shape index (κ3) is 2.11. The number of fused-ring (bicyclic) bond motifs is 1. The van der Waals surface area contributed by atoms with Crippen LogP contribution in [0.3, 0.4) is 0 Å². The molecule has 0 atom stereocenters. The van der Waals surface area contributed by atoms with Crippen molar-refractivity contribution < 1.29 is 22.7 Å². The average molecular weight is 243 g/mol. The van der Waals surface area contributed by atoms with Gasteiger partial charge in [-0.1, -0.05) is 0 Å². The predicted octanol–water partition coefficient (Wildman–Crippen LogP) is 2.97. The molecule has 0 bridgehead atoms. The fraction of sp³-hybridized carbons (Fsp3) is 0.182. The summed E-state index contributed by atoms with van der Waals surface area (Å²) in [6, 6.07) is 4.55. The lowest BCUT2D eigenvalue weighted by Crippen LogP contribution is -2.03. The van der Waals surface area contributed by atoms with Gasteiger partial charge in [0.05, 0.1) is 12.7 Å². The quantitative estimate of drug-likeness (QED) is 0.782. The molecule has 3 nitrogen and oxygen atoms in total. The van der Waals surface area contributed by atoms with Crippen molar-refractivity contribution in [1.29, 1.82) is 0 Å². The molecule has 0 amide bonds. The van der Waals surface area contributed by atoms with Crippen molar-refractivity contribution >= 4 is 16.9 Å². The van der Waals surface area contributed by atoms with Gasteiger partial charge in [0.25, 0.3) is 0 Å². The van der Waals surface area contributed by atoms with Crippen LogP contribution < -0.4 is 0 Å². The summed E-state index contributed by atoms with van der Waals surface area (Å²) in [7, 11) is 1.20. The molecule has 17 heavy (non-hydrogen) atoms. The van der Waals surface area contributed by atoms with Crippen molar-refractivity contribution in [3.63, 3.8) is 0 Å². The minimum Gasteiger partial charge on any atom is -0.464 e. The number of ether oxygens (including phenoxy) is 1. The molecule has 0 aliphatic rings. The summed E-state index contributed by atoms with van der Waals surface area (Å²) < 4.78 is 41.8. The highest BCUT2D eigenvalue weighted by Gasteiger charge is 2.30. The van der Waals surface area contributed by atoms with Crippen LogP contribution in [0.4, 0.5) is 13.2 Å². The number of aromatic nitrogens is 1. The maximum atomic E-state index is 12.4. The normalized spacial score (nSPS) is 11.8. The molecule has 0 aliphatic carbocycles. The summed E-state index contributed by atoms with van der Waals surface area (Å²) in [6.07, 6.45) is -4.39. The van der Waals surface area contributed by atoms with E-state index < -0.39 is 17.7 Å². The Bertz CT molecular complexity index is 572. The minimum atomic E-state index is -4.39. The van der Waals surface area contributed by atoms with Crippen LogP contribution in [0.25, 0.3) is 10.9 Å². The molecule has 6 heteroatoms. The van der Waals surface area contributed by atoms with Gasteiger partial charge in [0, 0.05) is 10.9 Å². The molecule has 0 radical (unpaired) electrons. The molecule has 90 valence electrons. The smallest absolute Gasteiger partial charge is 0.416 e. The Morgan fingerprint density at radius 2 is 2.00 bits per heavy atom. The van der Waals surface area contributed by atoms with E-state index >= 15 is 0 Å². The number of hydrogen-bond acceptors (Lipinski definition) is 2. The number of nitrogens with one attached hydrogen (secondary N) is 1. The van der Waals surface area contributed by atoms with E-state index in [2.05, 4.69) is 9.72 Å². The number of carbonyl (C=O) groups is 1. The summed E-state index contributed by atoms with van der Waals surface area (Å²) >= 11 is 0. The van der Waals surface area contributed by atoms with Crippen LogP contribution in [-0.2, 0) is 10.9 Å². The summed E-state index contributed by atoms with van der Waals surface area (Å²) in [5, 5.41) is 0.320. The van der Waals surface area contributed by atoms with Gasteiger partial charge in [-0.05, 0) is 24.3 Å². The van der Waals surface area contributed by atoms with E-state index in [9.17, 15) is 18.0 Å². The first kappa shape index (κ1) is 11.5. The van der Waals surface area contributed by atoms with Gasteiger partial charge in [-0.3, -0.25) is 0 Å². The molecule has 0 fully saturated rings. The van der Waals surface area contributed by atoms with Gasteiger partial charge >= 0.3 is 12.1 Å². The minimum absolute atomic E-state index is 0.127. The first-order valence-electron chi connectivity index (χ1n) is 4.70. The highest BCUT2D eigenvalue weighted by atomic mass is 19.4. The molecule has 2 rings (SSSR count). The monoisotopic (exact) mass is 243 g/mol. The van der Waals surface area contributed by atoms with Crippen LogP contribution in [-0.4, -0.2) is 18.1 Å². The Morgan fingerprint density at radius 3 is 2.59 bits per heavy atom. The highest BCUT2D eigenvalue weighted by molar-refractivity contribution is 5.94. The number of methoxy groups -OCH3 is 1. The second-order valence-electron chi connectivity index (χ2n) is 3.47. The maximum Gasteiger partial charge on any atom is 0.416 e. The lowest BCUT2D eigenvalue weighted by atomic mass is 10.1. The fourth-order valence-corrected chi connectivity index (χ4v) is 1.53. The molecule has 0 unspecified atom stereocenters. The number of carbonyl (C=O) groups excluding carboxylic acids is 1. The number of rotatable bonds is 1. The lowest BCUT2D eigenvalue weighted by molar-refractivity contribution is -0.137. The van der Waals surface area contributed by atoms with Crippen molar-refractivity contribution in [1.82, 2.24) is 4.98 Å². The topological polar surface area (TPSA) is 42.1 Å². The zero-order valence-corrected chi connectivity index (χ0v) is 8.76.